The summed E-state index contributed by atoms with van der Waals surface area (Å²) in [7, 11) is 0. The van der Waals surface area contributed by atoms with Crippen LogP contribution in [0.5, 0.6) is 0 Å². The molecule has 2 aromatic heterocycles. The number of carbonyl (C=O) groups excluding carboxylic acids is 2. The number of carbonyl (C=O) groups is 2. The van der Waals surface area contributed by atoms with E-state index in [0.29, 0.717) is 41.9 Å². The first-order valence-corrected chi connectivity index (χ1v) is 12.3. The summed E-state index contributed by atoms with van der Waals surface area (Å²) in [5.41, 5.74) is 5.08. The first-order valence-electron chi connectivity index (χ1n) is 11.3. The van der Waals surface area contributed by atoms with Crippen LogP contribution < -0.4 is 0 Å². The van der Waals surface area contributed by atoms with Crippen molar-refractivity contribution in [2.75, 3.05) is 39.3 Å². The molecule has 0 spiro atoms. The van der Waals surface area contributed by atoms with Crippen molar-refractivity contribution in [3.05, 3.63) is 70.7 Å². The minimum absolute atomic E-state index is 0.00421. The Morgan fingerprint density at radius 2 is 1.74 bits per heavy atom. The van der Waals surface area contributed by atoms with Crippen molar-refractivity contribution in [2.45, 2.75) is 6.04 Å². The van der Waals surface area contributed by atoms with Gasteiger partial charge in [0.15, 0.2) is 5.58 Å². The molecule has 0 N–H and O–H groups in total. The van der Waals surface area contributed by atoms with Crippen molar-refractivity contribution in [3.63, 3.8) is 0 Å². The molecule has 0 unspecified atom stereocenters. The van der Waals surface area contributed by atoms with Crippen molar-refractivity contribution in [2.24, 2.45) is 0 Å². The number of oxazole rings is 1. The minimum atomic E-state index is 0.00421. The Bertz CT molecular complexity index is 1320. The van der Waals surface area contributed by atoms with Crippen molar-refractivity contribution in [1.82, 2.24) is 24.7 Å². The lowest BCUT2D eigenvalue weighted by Gasteiger charge is -2.47. The van der Waals surface area contributed by atoms with Crippen LogP contribution in [0.1, 0.15) is 20.8 Å². The molecule has 4 heterocycles. The van der Waals surface area contributed by atoms with Gasteiger partial charge in [-0.2, -0.15) is 0 Å². The fraction of sp³-hybridized carbons (Fsp3) is 0.280. The van der Waals surface area contributed by atoms with Gasteiger partial charge < -0.3 is 14.2 Å². The van der Waals surface area contributed by atoms with Gasteiger partial charge in [-0.3, -0.25) is 14.5 Å². The highest BCUT2D eigenvalue weighted by Crippen LogP contribution is 2.26. The number of likely N-dealkylation sites (tertiary alicyclic amines) is 1. The molecule has 9 heteroatoms. The van der Waals surface area contributed by atoms with E-state index in [9.17, 15) is 9.59 Å². The highest BCUT2D eigenvalue weighted by Gasteiger charge is 2.37. The average molecular weight is 474 g/mol. The molecule has 0 bridgehead atoms. The molecule has 2 saturated heterocycles. The first kappa shape index (κ1) is 21.0. The smallest absolute Gasteiger partial charge is 0.273 e. The number of piperazine rings is 1. The van der Waals surface area contributed by atoms with E-state index in [2.05, 4.69) is 14.9 Å². The van der Waals surface area contributed by atoms with Gasteiger partial charge in [-0.25, -0.2) is 9.97 Å². The lowest BCUT2D eigenvalue weighted by atomic mass is 10.1. The van der Waals surface area contributed by atoms with Gasteiger partial charge in [-0.05, 0) is 30.3 Å². The van der Waals surface area contributed by atoms with Crippen LogP contribution in [-0.2, 0) is 0 Å². The highest BCUT2D eigenvalue weighted by atomic mass is 32.1. The SMILES string of the molecule is O=C(c1ccc2nc(-c3ccccc3)oc2c1)N1CCN(C2CN(C(=O)c3cscn3)C2)CC1. The number of rotatable bonds is 4. The number of benzene rings is 2. The molecule has 2 aliphatic rings. The molecular weight excluding hydrogens is 450 g/mol. The maximum absolute atomic E-state index is 13.1. The van der Waals surface area contributed by atoms with Crippen molar-refractivity contribution in [1.29, 1.82) is 0 Å². The number of thiazole rings is 1. The molecule has 0 atom stereocenters. The van der Waals surface area contributed by atoms with E-state index in [1.54, 1.807) is 17.0 Å². The zero-order valence-electron chi connectivity index (χ0n) is 18.5. The fourth-order valence-corrected chi connectivity index (χ4v) is 5.09. The normalized spacial score (nSPS) is 17.2. The second kappa shape index (κ2) is 8.66. The zero-order chi connectivity index (χ0) is 23.1. The third-order valence-corrected chi connectivity index (χ3v) is 7.16. The lowest BCUT2D eigenvalue weighted by Crippen LogP contribution is -2.64. The monoisotopic (exact) mass is 473 g/mol. The van der Waals surface area contributed by atoms with Crippen molar-refractivity contribution in [3.8, 4) is 11.5 Å². The Morgan fingerprint density at radius 3 is 2.47 bits per heavy atom. The molecule has 2 aromatic carbocycles. The summed E-state index contributed by atoms with van der Waals surface area (Å²) in [5, 5.41) is 1.79. The Hall–Kier alpha value is -3.56. The standard InChI is InChI=1S/C25H23N5O3S/c31-24(18-6-7-20-22(12-18)33-23(27-20)17-4-2-1-3-5-17)29-10-8-28(9-11-29)19-13-30(14-19)25(32)21-15-34-16-26-21/h1-7,12,15-16,19H,8-11,13-14H2. The predicted octanol–water partition coefficient (Wildman–Crippen LogP) is 3.23. The summed E-state index contributed by atoms with van der Waals surface area (Å²) >= 11 is 1.43. The van der Waals surface area contributed by atoms with E-state index in [4.69, 9.17) is 4.42 Å². The summed E-state index contributed by atoms with van der Waals surface area (Å²) in [4.78, 5) is 40.3. The molecule has 0 saturated carbocycles. The molecular formula is C25H23N5O3S. The second-order valence-corrected chi connectivity index (χ2v) is 9.35. The number of nitrogens with zero attached hydrogens (tertiary/aromatic N) is 5. The minimum Gasteiger partial charge on any atom is -0.436 e. The third-order valence-electron chi connectivity index (χ3n) is 6.57. The Morgan fingerprint density at radius 1 is 0.941 bits per heavy atom. The van der Waals surface area contributed by atoms with E-state index < -0.39 is 0 Å². The molecule has 0 aliphatic carbocycles. The third kappa shape index (κ3) is 3.86. The molecule has 4 aromatic rings. The Labute approximate surface area is 200 Å². The van der Waals surface area contributed by atoms with E-state index >= 15 is 0 Å². The lowest BCUT2D eigenvalue weighted by molar-refractivity contribution is 0.00827. The molecule has 6 rings (SSSR count). The second-order valence-electron chi connectivity index (χ2n) is 8.63. The maximum Gasteiger partial charge on any atom is 0.273 e. The van der Waals surface area contributed by atoms with Crippen LogP contribution in [0.15, 0.2) is 63.8 Å². The van der Waals surface area contributed by atoms with E-state index in [1.807, 2.05) is 52.3 Å². The first-order chi connectivity index (χ1) is 16.7. The molecule has 2 amide bonds. The predicted molar refractivity (Wildman–Crippen MR) is 129 cm³/mol. The summed E-state index contributed by atoms with van der Waals surface area (Å²) in [6, 6.07) is 15.5. The van der Waals surface area contributed by atoms with E-state index in [1.165, 1.54) is 11.3 Å². The van der Waals surface area contributed by atoms with Gasteiger partial charge in [0.2, 0.25) is 5.89 Å². The molecule has 34 heavy (non-hydrogen) atoms. The zero-order valence-corrected chi connectivity index (χ0v) is 19.3. The Kier molecular flexibility index (Phi) is 5.35. The topological polar surface area (TPSA) is 82.8 Å². The van der Waals surface area contributed by atoms with Crippen LogP contribution in [0.3, 0.4) is 0 Å². The van der Waals surface area contributed by atoms with Gasteiger partial charge in [0.05, 0.1) is 5.51 Å². The summed E-state index contributed by atoms with van der Waals surface area (Å²) in [6.07, 6.45) is 0. The average Bonchev–Trinajstić information content (AvgIpc) is 3.53. The summed E-state index contributed by atoms with van der Waals surface area (Å²) in [6.45, 7) is 4.38. The molecule has 0 radical (unpaired) electrons. The van der Waals surface area contributed by atoms with Gasteiger partial charge >= 0.3 is 0 Å². The van der Waals surface area contributed by atoms with Crippen LogP contribution in [0, 0.1) is 0 Å². The van der Waals surface area contributed by atoms with Crippen LogP contribution >= 0.6 is 11.3 Å². The quantitative estimate of drug-likeness (QED) is 0.453. The van der Waals surface area contributed by atoms with Crippen LogP contribution in [-0.4, -0.2) is 81.8 Å². The molecule has 8 nitrogen and oxygen atoms in total. The van der Waals surface area contributed by atoms with Gasteiger partial charge in [-0.15, -0.1) is 11.3 Å². The van der Waals surface area contributed by atoms with Crippen molar-refractivity contribution < 1.29 is 14.0 Å². The molecule has 172 valence electrons. The van der Waals surface area contributed by atoms with E-state index in [-0.39, 0.29) is 11.8 Å². The fourth-order valence-electron chi connectivity index (χ4n) is 4.57. The van der Waals surface area contributed by atoms with Crippen LogP contribution in [0.25, 0.3) is 22.6 Å². The van der Waals surface area contributed by atoms with Gasteiger partial charge in [0.25, 0.3) is 11.8 Å². The number of hydrogen-bond acceptors (Lipinski definition) is 7. The number of hydrogen-bond donors (Lipinski definition) is 0. The van der Waals surface area contributed by atoms with Gasteiger partial charge in [0.1, 0.15) is 11.2 Å². The van der Waals surface area contributed by atoms with Crippen LogP contribution in [0.2, 0.25) is 0 Å². The van der Waals surface area contributed by atoms with Crippen LogP contribution in [0.4, 0.5) is 0 Å². The highest BCUT2D eigenvalue weighted by molar-refractivity contribution is 7.07. The van der Waals surface area contributed by atoms with E-state index in [0.717, 1.165) is 37.3 Å². The molecule has 2 aliphatic heterocycles. The maximum atomic E-state index is 13.1. The number of fused-ring (bicyclic) bond motifs is 1. The number of amides is 2. The number of aromatic nitrogens is 2. The molecule has 2 fully saturated rings. The Balaban J connectivity index is 1.06. The van der Waals surface area contributed by atoms with Gasteiger partial charge in [-0.1, -0.05) is 18.2 Å². The largest absolute Gasteiger partial charge is 0.436 e. The summed E-state index contributed by atoms with van der Waals surface area (Å²) < 4.78 is 5.93. The summed E-state index contributed by atoms with van der Waals surface area (Å²) in [5.74, 6) is 0.564. The van der Waals surface area contributed by atoms with Crippen molar-refractivity contribution >= 4 is 34.3 Å². The van der Waals surface area contributed by atoms with Gasteiger partial charge in [0, 0.05) is 61.8 Å².